The van der Waals surface area contributed by atoms with Gasteiger partial charge in [-0.15, -0.1) is 0 Å². The third-order valence-electron chi connectivity index (χ3n) is 3.43. The van der Waals surface area contributed by atoms with Crippen LogP contribution in [0.4, 0.5) is 0 Å². The molecule has 0 fully saturated rings. The van der Waals surface area contributed by atoms with E-state index in [0.29, 0.717) is 5.92 Å². The molecule has 0 amide bonds. The SMILES string of the molecule is CC.Cc1ccc(C(C)C)c2c1CCCC2. The molecule has 0 bridgehead atoms. The molecule has 0 saturated carbocycles. The number of fused-ring (bicyclic) bond motifs is 1. The minimum atomic E-state index is 0.683. The summed E-state index contributed by atoms with van der Waals surface area (Å²) in [4.78, 5) is 0. The van der Waals surface area contributed by atoms with E-state index in [1.54, 1.807) is 16.7 Å². The zero-order valence-electron chi connectivity index (χ0n) is 11.6. The van der Waals surface area contributed by atoms with Gasteiger partial charge in [0.25, 0.3) is 0 Å². The first kappa shape index (κ1) is 13.3. The second kappa shape index (κ2) is 6.08. The summed E-state index contributed by atoms with van der Waals surface area (Å²) >= 11 is 0. The standard InChI is InChI=1S/C14H20.C2H6/c1-10(2)12-9-8-11(3)13-6-4-5-7-14(12)13;1-2/h8-10H,4-7H2,1-3H3;1-2H3. The summed E-state index contributed by atoms with van der Waals surface area (Å²) in [6.07, 6.45) is 5.39. The van der Waals surface area contributed by atoms with Crippen molar-refractivity contribution in [3.63, 3.8) is 0 Å². The van der Waals surface area contributed by atoms with E-state index in [4.69, 9.17) is 0 Å². The molecule has 1 aromatic rings. The molecule has 0 aliphatic heterocycles. The summed E-state index contributed by atoms with van der Waals surface area (Å²) in [5, 5.41) is 0. The van der Waals surface area contributed by atoms with Crippen LogP contribution in [0.15, 0.2) is 12.1 Å². The van der Waals surface area contributed by atoms with E-state index in [1.807, 2.05) is 13.8 Å². The highest BCUT2D eigenvalue weighted by Crippen LogP contribution is 2.31. The molecule has 0 atom stereocenters. The second-order valence-electron chi connectivity index (χ2n) is 4.79. The first-order valence-corrected chi connectivity index (χ1v) is 6.81. The largest absolute Gasteiger partial charge is 0.0683 e. The van der Waals surface area contributed by atoms with Gasteiger partial charge in [0.15, 0.2) is 0 Å². The molecule has 16 heavy (non-hydrogen) atoms. The molecule has 1 aliphatic carbocycles. The van der Waals surface area contributed by atoms with Gasteiger partial charge in [-0.3, -0.25) is 0 Å². The highest BCUT2D eigenvalue weighted by Gasteiger charge is 2.16. The Hall–Kier alpha value is -0.780. The topological polar surface area (TPSA) is 0 Å². The third-order valence-corrected chi connectivity index (χ3v) is 3.43. The van der Waals surface area contributed by atoms with Gasteiger partial charge in [-0.25, -0.2) is 0 Å². The van der Waals surface area contributed by atoms with Gasteiger partial charge in [0.2, 0.25) is 0 Å². The number of rotatable bonds is 1. The summed E-state index contributed by atoms with van der Waals surface area (Å²) in [6.45, 7) is 10.9. The van der Waals surface area contributed by atoms with Gasteiger partial charge in [0, 0.05) is 0 Å². The predicted molar refractivity (Wildman–Crippen MR) is 73.3 cm³/mol. The van der Waals surface area contributed by atoms with Crippen LogP contribution >= 0.6 is 0 Å². The average molecular weight is 218 g/mol. The van der Waals surface area contributed by atoms with Crippen LogP contribution in [-0.2, 0) is 12.8 Å². The maximum atomic E-state index is 2.34. The van der Waals surface area contributed by atoms with E-state index in [2.05, 4.69) is 32.9 Å². The Morgan fingerprint density at radius 1 is 0.938 bits per heavy atom. The summed E-state index contributed by atoms with van der Waals surface area (Å²) in [7, 11) is 0. The Bertz CT molecular complexity index is 334. The molecule has 0 heteroatoms. The molecule has 0 unspecified atom stereocenters. The Balaban J connectivity index is 0.000000606. The van der Waals surface area contributed by atoms with Crippen LogP contribution in [0.1, 0.15) is 68.7 Å². The van der Waals surface area contributed by atoms with Crippen LogP contribution < -0.4 is 0 Å². The highest BCUT2D eigenvalue weighted by molar-refractivity contribution is 5.43. The summed E-state index contributed by atoms with van der Waals surface area (Å²) < 4.78 is 0. The number of hydrogen-bond acceptors (Lipinski definition) is 0. The Labute approximate surface area is 101 Å². The molecule has 0 N–H and O–H groups in total. The molecule has 90 valence electrons. The summed E-state index contributed by atoms with van der Waals surface area (Å²) in [6, 6.07) is 4.64. The van der Waals surface area contributed by atoms with E-state index in [0.717, 1.165) is 0 Å². The molecule has 0 heterocycles. The van der Waals surface area contributed by atoms with E-state index < -0.39 is 0 Å². The van der Waals surface area contributed by atoms with Crippen LogP contribution in [-0.4, -0.2) is 0 Å². The first-order valence-electron chi connectivity index (χ1n) is 6.81. The van der Waals surface area contributed by atoms with E-state index in [-0.39, 0.29) is 0 Å². The van der Waals surface area contributed by atoms with Crippen molar-refractivity contribution in [3.05, 3.63) is 34.4 Å². The van der Waals surface area contributed by atoms with Gasteiger partial charge in [-0.1, -0.05) is 39.8 Å². The Morgan fingerprint density at radius 2 is 1.50 bits per heavy atom. The highest BCUT2D eigenvalue weighted by atomic mass is 14.2. The minimum absolute atomic E-state index is 0.683. The van der Waals surface area contributed by atoms with Crippen LogP contribution in [0.5, 0.6) is 0 Å². The van der Waals surface area contributed by atoms with Crippen LogP contribution in [0, 0.1) is 6.92 Å². The fourth-order valence-electron chi connectivity index (χ4n) is 2.62. The fourth-order valence-corrected chi connectivity index (χ4v) is 2.62. The van der Waals surface area contributed by atoms with E-state index >= 15 is 0 Å². The first-order chi connectivity index (χ1) is 7.70. The predicted octanol–water partition coefficient (Wildman–Crippen LogP) is 5.02. The summed E-state index contributed by atoms with van der Waals surface area (Å²) in [5.41, 5.74) is 6.42. The van der Waals surface area contributed by atoms with Crippen molar-refractivity contribution in [2.45, 2.75) is 66.2 Å². The number of hydrogen-bond donors (Lipinski definition) is 0. The van der Waals surface area contributed by atoms with Crippen molar-refractivity contribution in [1.82, 2.24) is 0 Å². The lowest BCUT2D eigenvalue weighted by Crippen LogP contribution is -2.09. The van der Waals surface area contributed by atoms with Gasteiger partial charge in [-0.05, 0) is 60.8 Å². The molecule has 1 aromatic carbocycles. The van der Waals surface area contributed by atoms with Crippen LogP contribution in [0.2, 0.25) is 0 Å². The quantitative estimate of drug-likeness (QED) is 0.620. The minimum Gasteiger partial charge on any atom is -0.0683 e. The van der Waals surface area contributed by atoms with E-state index in [1.165, 1.54) is 31.2 Å². The molecule has 1 aliphatic rings. The van der Waals surface area contributed by atoms with Gasteiger partial charge < -0.3 is 0 Å². The maximum absolute atomic E-state index is 2.34. The van der Waals surface area contributed by atoms with E-state index in [9.17, 15) is 0 Å². The molecule has 2 rings (SSSR count). The third kappa shape index (κ3) is 2.66. The molecule has 0 saturated heterocycles. The van der Waals surface area contributed by atoms with Gasteiger partial charge in [0.05, 0.1) is 0 Å². The fraction of sp³-hybridized carbons (Fsp3) is 0.625. The van der Waals surface area contributed by atoms with Gasteiger partial charge >= 0.3 is 0 Å². The lowest BCUT2D eigenvalue weighted by molar-refractivity contribution is 0.667. The number of benzene rings is 1. The molecule has 0 spiro atoms. The van der Waals surface area contributed by atoms with Gasteiger partial charge in [0.1, 0.15) is 0 Å². The lowest BCUT2D eigenvalue weighted by Gasteiger charge is -2.23. The van der Waals surface area contributed by atoms with Crippen LogP contribution in [0.3, 0.4) is 0 Å². The zero-order chi connectivity index (χ0) is 12.1. The molecular formula is C16H26. The molecule has 0 nitrogen and oxygen atoms in total. The normalized spacial score (nSPS) is 14.1. The zero-order valence-corrected chi connectivity index (χ0v) is 11.6. The van der Waals surface area contributed by atoms with Crippen molar-refractivity contribution in [2.24, 2.45) is 0 Å². The molecule has 0 aromatic heterocycles. The molecule has 0 radical (unpaired) electrons. The smallest absolute Gasteiger partial charge is 0.0216 e. The number of aryl methyl sites for hydroxylation is 1. The maximum Gasteiger partial charge on any atom is -0.0216 e. The van der Waals surface area contributed by atoms with Crippen LogP contribution in [0.25, 0.3) is 0 Å². The van der Waals surface area contributed by atoms with Crippen molar-refractivity contribution in [3.8, 4) is 0 Å². The average Bonchev–Trinajstić information content (AvgIpc) is 2.32. The molecular weight excluding hydrogens is 192 g/mol. The van der Waals surface area contributed by atoms with Crippen molar-refractivity contribution >= 4 is 0 Å². The van der Waals surface area contributed by atoms with Gasteiger partial charge in [-0.2, -0.15) is 0 Å². The monoisotopic (exact) mass is 218 g/mol. The Kier molecular flexibility index (Phi) is 5.05. The Morgan fingerprint density at radius 3 is 2.06 bits per heavy atom. The summed E-state index contributed by atoms with van der Waals surface area (Å²) in [5.74, 6) is 0.683. The lowest BCUT2D eigenvalue weighted by atomic mass is 9.82. The van der Waals surface area contributed by atoms with Crippen molar-refractivity contribution in [1.29, 1.82) is 0 Å². The second-order valence-corrected chi connectivity index (χ2v) is 4.79. The van der Waals surface area contributed by atoms with Crippen molar-refractivity contribution in [2.75, 3.05) is 0 Å². The van der Waals surface area contributed by atoms with Crippen molar-refractivity contribution < 1.29 is 0 Å².